The smallest absolute Gasteiger partial charge is 0.255 e. The molecule has 0 saturated carbocycles. The lowest BCUT2D eigenvalue weighted by Crippen LogP contribution is -2.47. The van der Waals surface area contributed by atoms with Crippen molar-refractivity contribution in [1.29, 1.82) is 0 Å². The third-order valence-electron chi connectivity index (χ3n) is 3.88. The van der Waals surface area contributed by atoms with Crippen LogP contribution in [0.25, 0.3) is 0 Å². The number of methoxy groups -OCH3 is 1. The number of hydrogen-bond donors (Lipinski definition) is 2. The number of rotatable bonds is 6. The van der Waals surface area contributed by atoms with Crippen molar-refractivity contribution in [3.8, 4) is 5.75 Å². The third-order valence-corrected chi connectivity index (χ3v) is 3.88. The van der Waals surface area contributed by atoms with Crippen LogP contribution in [0.3, 0.4) is 0 Å². The standard InChI is InChI=1S/C15H24N2O2/c1-5-15(6-2,7-3)17-14(18)12-10-11(16)8-9-13(12)19-4/h8-10H,5-7,16H2,1-4H3,(H,17,18). The number of anilines is 1. The number of amides is 1. The van der Waals surface area contributed by atoms with Crippen LogP contribution in [0.15, 0.2) is 18.2 Å². The Bertz CT molecular complexity index is 432. The van der Waals surface area contributed by atoms with Gasteiger partial charge in [0.1, 0.15) is 5.75 Å². The summed E-state index contributed by atoms with van der Waals surface area (Å²) in [6.07, 6.45) is 2.70. The molecule has 1 aromatic carbocycles. The van der Waals surface area contributed by atoms with Gasteiger partial charge in [0.2, 0.25) is 0 Å². The summed E-state index contributed by atoms with van der Waals surface area (Å²) in [5.74, 6) is 0.415. The number of carbonyl (C=O) groups is 1. The van der Waals surface area contributed by atoms with Crippen molar-refractivity contribution < 1.29 is 9.53 Å². The molecule has 0 unspecified atom stereocenters. The SMILES string of the molecule is CCC(CC)(CC)NC(=O)c1cc(N)ccc1OC. The second-order valence-electron chi connectivity index (χ2n) is 4.75. The molecule has 0 fully saturated rings. The van der Waals surface area contributed by atoms with E-state index in [9.17, 15) is 4.79 Å². The molecule has 0 heterocycles. The molecule has 0 aliphatic rings. The number of ether oxygens (including phenoxy) is 1. The first-order valence-corrected chi connectivity index (χ1v) is 6.78. The first-order valence-electron chi connectivity index (χ1n) is 6.78. The Morgan fingerprint density at radius 2 is 1.84 bits per heavy atom. The Kier molecular flexibility index (Phi) is 5.21. The molecule has 4 heteroatoms. The average molecular weight is 264 g/mol. The molecule has 0 saturated heterocycles. The van der Waals surface area contributed by atoms with E-state index in [0.29, 0.717) is 17.0 Å². The van der Waals surface area contributed by atoms with E-state index >= 15 is 0 Å². The fourth-order valence-electron chi connectivity index (χ4n) is 2.23. The molecule has 1 amide bonds. The Hall–Kier alpha value is -1.71. The van der Waals surface area contributed by atoms with Gasteiger partial charge in [-0.05, 0) is 37.5 Å². The predicted octanol–water partition coefficient (Wildman–Crippen LogP) is 2.98. The number of carbonyl (C=O) groups excluding carboxylic acids is 1. The Morgan fingerprint density at radius 1 is 1.26 bits per heavy atom. The van der Waals surface area contributed by atoms with Gasteiger partial charge in [-0.25, -0.2) is 0 Å². The monoisotopic (exact) mass is 264 g/mol. The van der Waals surface area contributed by atoms with Gasteiger partial charge in [0, 0.05) is 11.2 Å². The zero-order valence-corrected chi connectivity index (χ0v) is 12.2. The first kappa shape index (κ1) is 15.3. The fraction of sp³-hybridized carbons (Fsp3) is 0.533. The van der Waals surface area contributed by atoms with E-state index in [0.717, 1.165) is 19.3 Å². The maximum atomic E-state index is 12.4. The van der Waals surface area contributed by atoms with Crippen LogP contribution in [0.2, 0.25) is 0 Å². The summed E-state index contributed by atoms with van der Waals surface area (Å²) in [4.78, 5) is 12.4. The lowest BCUT2D eigenvalue weighted by molar-refractivity contribution is 0.0885. The van der Waals surface area contributed by atoms with Crippen LogP contribution < -0.4 is 15.8 Å². The molecular formula is C15H24N2O2. The Labute approximate surface area is 115 Å². The largest absolute Gasteiger partial charge is 0.496 e. The van der Waals surface area contributed by atoms with Gasteiger partial charge in [-0.3, -0.25) is 4.79 Å². The molecular weight excluding hydrogens is 240 g/mol. The maximum Gasteiger partial charge on any atom is 0.255 e. The average Bonchev–Trinajstić information content (AvgIpc) is 2.44. The maximum absolute atomic E-state index is 12.4. The van der Waals surface area contributed by atoms with Crippen molar-refractivity contribution in [3.05, 3.63) is 23.8 Å². The zero-order valence-electron chi connectivity index (χ0n) is 12.2. The van der Waals surface area contributed by atoms with E-state index in [2.05, 4.69) is 26.1 Å². The van der Waals surface area contributed by atoms with E-state index < -0.39 is 0 Å². The van der Waals surface area contributed by atoms with Gasteiger partial charge >= 0.3 is 0 Å². The summed E-state index contributed by atoms with van der Waals surface area (Å²) in [6.45, 7) is 6.26. The number of hydrogen-bond acceptors (Lipinski definition) is 3. The topological polar surface area (TPSA) is 64.4 Å². The molecule has 1 aromatic rings. The van der Waals surface area contributed by atoms with Crippen LogP contribution in [-0.4, -0.2) is 18.6 Å². The summed E-state index contributed by atoms with van der Waals surface area (Å²) in [7, 11) is 1.55. The zero-order chi connectivity index (χ0) is 14.5. The normalized spacial score (nSPS) is 11.2. The first-order chi connectivity index (χ1) is 9.01. The molecule has 0 spiro atoms. The third kappa shape index (κ3) is 3.40. The molecule has 19 heavy (non-hydrogen) atoms. The lowest BCUT2D eigenvalue weighted by atomic mass is 9.89. The molecule has 0 atom stereocenters. The van der Waals surface area contributed by atoms with Gasteiger partial charge in [-0.2, -0.15) is 0 Å². The van der Waals surface area contributed by atoms with Gasteiger partial charge < -0.3 is 15.8 Å². The highest BCUT2D eigenvalue weighted by molar-refractivity contribution is 5.98. The number of nitrogens with one attached hydrogen (secondary N) is 1. The Balaban J connectivity index is 3.03. The van der Waals surface area contributed by atoms with Crippen molar-refractivity contribution >= 4 is 11.6 Å². The molecule has 0 aliphatic heterocycles. The minimum Gasteiger partial charge on any atom is -0.496 e. The predicted molar refractivity (Wildman–Crippen MR) is 78.5 cm³/mol. The summed E-state index contributed by atoms with van der Waals surface area (Å²) in [5, 5.41) is 3.12. The molecule has 0 bridgehead atoms. The van der Waals surface area contributed by atoms with Crippen molar-refractivity contribution in [2.45, 2.75) is 45.6 Å². The van der Waals surface area contributed by atoms with Crippen molar-refractivity contribution in [1.82, 2.24) is 5.32 Å². The highest BCUT2D eigenvalue weighted by Crippen LogP contribution is 2.24. The second-order valence-corrected chi connectivity index (χ2v) is 4.75. The summed E-state index contributed by atoms with van der Waals surface area (Å²) in [5.41, 5.74) is 6.63. The molecule has 0 aliphatic carbocycles. The highest BCUT2D eigenvalue weighted by Gasteiger charge is 2.27. The van der Waals surface area contributed by atoms with Crippen molar-refractivity contribution in [2.24, 2.45) is 0 Å². The van der Waals surface area contributed by atoms with Crippen LogP contribution in [0.1, 0.15) is 50.4 Å². The summed E-state index contributed by atoms with van der Waals surface area (Å²) < 4.78 is 5.22. The fourth-order valence-corrected chi connectivity index (χ4v) is 2.23. The number of benzene rings is 1. The minimum absolute atomic E-state index is 0.130. The molecule has 4 nitrogen and oxygen atoms in total. The van der Waals surface area contributed by atoms with Crippen molar-refractivity contribution in [2.75, 3.05) is 12.8 Å². The van der Waals surface area contributed by atoms with Crippen LogP contribution in [-0.2, 0) is 0 Å². The van der Waals surface area contributed by atoms with Gasteiger partial charge in [-0.15, -0.1) is 0 Å². The van der Waals surface area contributed by atoms with Gasteiger partial charge in [0.25, 0.3) is 5.91 Å². The van der Waals surface area contributed by atoms with E-state index in [1.807, 2.05) is 0 Å². The highest BCUT2D eigenvalue weighted by atomic mass is 16.5. The Morgan fingerprint density at radius 3 is 2.32 bits per heavy atom. The molecule has 3 N–H and O–H groups in total. The van der Waals surface area contributed by atoms with E-state index in [4.69, 9.17) is 10.5 Å². The van der Waals surface area contributed by atoms with Crippen LogP contribution in [0, 0.1) is 0 Å². The van der Waals surface area contributed by atoms with Gasteiger partial charge in [0.05, 0.1) is 12.7 Å². The number of nitrogens with two attached hydrogens (primary N) is 1. The molecule has 1 rings (SSSR count). The molecule has 0 radical (unpaired) electrons. The summed E-state index contributed by atoms with van der Waals surface area (Å²) in [6, 6.07) is 5.10. The van der Waals surface area contributed by atoms with E-state index in [-0.39, 0.29) is 11.4 Å². The van der Waals surface area contributed by atoms with Gasteiger partial charge in [-0.1, -0.05) is 20.8 Å². The van der Waals surface area contributed by atoms with Gasteiger partial charge in [0.15, 0.2) is 0 Å². The quantitative estimate of drug-likeness (QED) is 0.776. The molecule has 106 valence electrons. The van der Waals surface area contributed by atoms with Crippen LogP contribution in [0.5, 0.6) is 5.75 Å². The number of nitrogen functional groups attached to an aromatic ring is 1. The second kappa shape index (κ2) is 6.45. The van der Waals surface area contributed by atoms with Crippen LogP contribution in [0.4, 0.5) is 5.69 Å². The van der Waals surface area contributed by atoms with E-state index in [1.165, 1.54) is 0 Å². The molecule has 0 aromatic heterocycles. The van der Waals surface area contributed by atoms with Crippen LogP contribution >= 0.6 is 0 Å². The van der Waals surface area contributed by atoms with Crippen molar-refractivity contribution in [3.63, 3.8) is 0 Å². The lowest BCUT2D eigenvalue weighted by Gasteiger charge is -2.32. The minimum atomic E-state index is -0.160. The van der Waals surface area contributed by atoms with E-state index in [1.54, 1.807) is 25.3 Å². The summed E-state index contributed by atoms with van der Waals surface area (Å²) >= 11 is 0.